The van der Waals surface area contributed by atoms with E-state index in [2.05, 4.69) is 67.2 Å². The van der Waals surface area contributed by atoms with Gasteiger partial charge in [0, 0.05) is 24.1 Å². The Balaban J connectivity index is 2.07. The van der Waals surface area contributed by atoms with Gasteiger partial charge < -0.3 is 11.1 Å². The summed E-state index contributed by atoms with van der Waals surface area (Å²) < 4.78 is 0. The Hall–Kier alpha value is -1.90. The molecule has 1 unspecified atom stereocenters. The number of nitrogens with zero attached hydrogens (tertiary/aromatic N) is 1. The molecule has 1 heterocycles. The molecule has 1 atom stereocenters. The van der Waals surface area contributed by atoms with Gasteiger partial charge in [-0.3, -0.25) is 4.99 Å². The standard InChI is InChI=1S/C21H29N3S/c1-4-5-6-7-19(23-16-18-10-8-17(2)9-11-18)12-13-21(3)14-15-25-20(22)24-21/h5,7-12,23H,4,13-16H2,1-3H3,(H2,22,24)/b19-12+. The Morgan fingerprint density at radius 1 is 1.40 bits per heavy atom. The number of nitrogens with one attached hydrogen (secondary N) is 1. The van der Waals surface area contributed by atoms with E-state index in [1.165, 1.54) is 11.1 Å². The van der Waals surface area contributed by atoms with Gasteiger partial charge in [-0.15, -0.1) is 5.73 Å². The molecule has 0 bridgehead atoms. The van der Waals surface area contributed by atoms with E-state index >= 15 is 0 Å². The Labute approximate surface area is 156 Å². The van der Waals surface area contributed by atoms with E-state index in [0.29, 0.717) is 5.17 Å². The molecule has 1 aromatic rings. The third kappa shape index (κ3) is 6.85. The molecule has 134 valence electrons. The summed E-state index contributed by atoms with van der Waals surface area (Å²) in [5.74, 6) is 1.04. The molecule has 0 amide bonds. The first-order valence-electron chi connectivity index (χ1n) is 8.89. The second-order valence-electron chi connectivity index (χ2n) is 6.67. The molecule has 0 saturated heterocycles. The number of nitrogens with two attached hydrogens (primary N) is 1. The van der Waals surface area contributed by atoms with Crippen LogP contribution < -0.4 is 11.1 Å². The van der Waals surface area contributed by atoms with Gasteiger partial charge in [0.1, 0.15) is 0 Å². The van der Waals surface area contributed by atoms with Gasteiger partial charge in [0.05, 0.1) is 5.54 Å². The highest BCUT2D eigenvalue weighted by atomic mass is 32.2. The number of hydrogen-bond donors (Lipinski definition) is 2. The van der Waals surface area contributed by atoms with Crippen LogP contribution in [0.15, 0.2) is 58.9 Å². The molecule has 3 nitrogen and oxygen atoms in total. The number of amidine groups is 1. The van der Waals surface area contributed by atoms with Gasteiger partial charge in [-0.1, -0.05) is 54.6 Å². The summed E-state index contributed by atoms with van der Waals surface area (Å²) in [5.41, 5.74) is 12.7. The second kappa shape index (κ2) is 9.55. The molecule has 0 aromatic heterocycles. The zero-order valence-electron chi connectivity index (χ0n) is 15.5. The molecule has 1 aliphatic rings. The minimum Gasteiger partial charge on any atom is -0.381 e. The van der Waals surface area contributed by atoms with Gasteiger partial charge in [-0.25, -0.2) is 0 Å². The maximum Gasteiger partial charge on any atom is 0.154 e. The number of benzene rings is 1. The van der Waals surface area contributed by atoms with E-state index in [1.54, 1.807) is 11.8 Å². The molecule has 0 radical (unpaired) electrons. The SMILES string of the molecule is CCC=C=C/C(=C\CC1(C)CCSC(N)=N1)NCc1ccc(C)cc1. The van der Waals surface area contributed by atoms with E-state index in [1.807, 2.05) is 12.2 Å². The van der Waals surface area contributed by atoms with Crippen molar-refractivity contribution in [1.29, 1.82) is 0 Å². The lowest BCUT2D eigenvalue weighted by Crippen LogP contribution is -2.30. The molecule has 0 aliphatic carbocycles. The molecule has 1 aliphatic heterocycles. The van der Waals surface area contributed by atoms with Crippen molar-refractivity contribution in [3.63, 3.8) is 0 Å². The normalized spacial score (nSPS) is 20.4. The first kappa shape index (κ1) is 19.4. The summed E-state index contributed by atoms with van der Waals surface area (Å²) in [6, 6.07) is 8.61. The van der Waals surface area contributed by atoms with Crippen molar-refractivity contribution in [3.8, 4) is 0 Å². The molecule has 0 spiro atoms. The molecule has 1 aromatic carbocycles. The largest absolute Gasteiger partial charge is 0.381 e. The fourth-order valence-corrected chi connectivity index (χ4v) is 3.60. The van der Waals surface area contributed by atoms with Crippen molar-refractivity contribution in [2.75, 3.05) is 5.75 Å². The van der Waals surface area contributed by atoms with Crippen LogP contribution in [0.4, 0.5) is 0 Å². The van der Waals surface area contributed by atoms with Crippen LogP contribution in [0, 0.1) is 6.92 Å². The predicted molar refractivity (Wildman–Crippen MR) is 111 cm³/mol. The summed E-state index contributed by atoms with van der Waals surface area (Å²) in [5, 5.41) is 4.23. The highest BCUT2D eigenvalue weighted by molar-refractivity contribution is 8.13. The minimum absolute atomic E-state index is 0.103. The number of aryl methyl sites for hydroxylation is 1. The van der Waals surface area contributed by atoms with Crippen LogP contribution in [-0.2, 0) is 6.54 Å². The van der Waals surface area contributed by atoms with Crippen LogP contribution in [0.1, 0.15) is 44.2 Å². The van der Waals surface area contributed by atoms with E-state index in [0.717, 1.165) is 37.3 Å². The highest BCUT2D eigenvalue weighted by Crippen LogP contribution is 2.29. The first-order chi connectivity index (χ1) is 12.0. The Morgan fingerprint density at radius 3 is 2.84 bits per heavy atom. The smallest absolute Gasteiger partial charge is 0.154 e. The van der Waals surface area contributed by atoms with Crippen molar-refractivity contribution >= 4 is 16.9 Å². The summed E-state index contributed by atoms with van der Waals surface area (Å²) in [4.78, 5) is 4.65. The summed E-state index contributed by atoms with van der Waals surface area (Å²) in [7, 11) is 0. The second-order valence-corrected chi connectivity index (χ2v) is 7.79. The van der Waals surface area contributed by atoms with Gasteiger partial charge in [0.25, 0.3) is 0 Å². The fraction of sp³-hybridized carbons (Fsp3) is 0.429. The van der Waals surface area contributed by atoms with E-state index in [4.69, 9.17) is 5.73 Å². The first-order valence-corrected chi connectivity index (χ1v) is 9.88. The van der Waals surface area contributed by atoms with Crippen LogP contribution >= 0.6 is 11.8 Å². The molecule has 0 fully saturated rings. The minimum atomic E-state index is -0.103. The number of thioether (sulfide) groups is 1. The van der Waals surface area contributed by atoms with E-state index in [9.17, 15) is 0 Å². The van der Waals surface area contributed by atoms with Crippen LogP contribution in [0.3, 0.4) is 0 Å². The monoisotopic (exact) mass is 355 g/mol. The Morgan fingerprint density at radius 2 is 2.16 bits per heavy atom. The molecular weight excluding hydrogens is 326 g/mol. The van der Waals surface area contributed by atoms with Crippen LogP contribution in [0.2, 0.25) is 0 Å². The maximum atomic E-state index is 5.91. The fourth-order valence-electron chi connectivity index (χ4n) is 2.57. The van der Waals surface area contributed by atoms with Gasteiger partial charge in [0.15, 0.2) is 5.17 Å². The van der Waals surface area contributed by atoms with Crippen LogP contribution in [0.25, 0.3) is 0 Å². The zero-order valence-corrected chi connectivity index (χ0v) is 16.3. The molecule has 25 heavy (non-hydrogen) atoms. The van der Waals surface area contributed by atoms with E-state index < -0.39 is 0 Å². The Kier molecular flexibility index (Phi) is 7.42. The predicted octanol–water partition coefficient (Wildman–Crippen LogP) is 4.69. The maximum absolute atomic E-state index is 5.91. The summed E-state index contributed by atoms with van der Waals surface area (Å²) in [6.07, 6.45) is 9.18. The lowest BCUT2D eigenvalue weighted by Gasteiger charge is -2.28. The molecule has 2 rings (SSSR count). The van der Waals surface area contributed by atoms with Crippen molar-refractivity contribution in [2.45, 2.75) is 52.1 Å². The van der Waals surface area contributed by atoms with Gasteiger partial charge in [-0.2, -0.15) is 0 Å². The van der Waals surface area contributed by atoms with Crippen molar-refractivity contribution in [2.24, 2.45) is 10.7 Å². The van der Waals surface area contributed by atoms with Crippen molar-refractivity contribution < 1.29 is 0 Å². The van der Waals surface area contributed by atoms with E-state index in [-0.39, 0.29) is 5.54 Å². The Bertz CT molecular complexity index is 682. The average molecular weight is 356 g/mol. The van der Waals surface area contributed by atoms with Crippen molar-refractivity contribution in [3.05, 3.63) is 65.0 Å². The number of aliphatic imine (C=N–C) groups is 1. The average Bonchev–Trinajstić information content (AvgIpc) is 2.58. The van der Waals surface area contributed by atoms with Crippen LogP contribution in [0.5, 0.6) is 0 Å². The summed E-state index contributed by atoms with van der Waals surface area (Å²) in [6.45, 7) is 7.20. The third-order valence-corrected chi connectivity index (χ3v) is 5.01. The molecule has 4 heteroatoms. The van der Waals surface area contributed by atoms with Crippen molar-refractivity contribution in [1.82, 2.24) is 5.32 Å². The van der Waals surface area contributed by atoms with Gasteiger partial charge in [0.2, 0.25) is 0 Å². The molecule has 0 saturated carbocycles. The topological polar surface area (TPSA) is 50.4 Å². The highest BCUT2D eigenvalue weighted by Gasteiger charge is 2.26. The van der Waals surface area contributed by atoms with Crippen LogP contribution in [-0.4, -0.2) is 16.5 Å². The lowest BCUT2D eigenvalue weighted by molar-refractivity contribution is 0.462. The zero-order chi connectivity index (χ0) is 18.1. The number of allylic oxidation sites excluding steroid dienone is 1. The number of hydrogen-bond acceptors (Lipinski definition) is 4. The van der Waals surface area contributed by atoms with Gasteiger partial charge in [-0.05, 0) is 44.7 Å². The quantitative estimate of drug-likeness (QED) is 0.551. The third-order valence-electron chi connectivity index (χ3n) is 4.21. The summed E-state index contributed by atoms with van der Waals surface area (Å²) >= 11 is 1.65. The van der Waals surface area contributed by atoms with Gasteiger partial charge >= 0.3 is 0 Å². The lowest BCUT2D eigenvalue weighted by atomic mass is 9.94. The molecule has 3 N–H and O–H groups in total. The molecular formula is C21H29N3S. The number of rotatable bonds is 7.